The van der Waals surface area contributed by atoms with Crippen LogP contribution in [0.25, 0.3) is 0 Å². The number of para-hydroxylation sites is 4. The van der Waals surface area contributed by atoms with Gasteiger partial charge < -0.3 is 14.7 Å². The summed E-state index contributed by atoms with van der Waals surface area (Å²) in [7, 11) is 4.46. The summed E-state index contributed by atoms with van der Waals surface area (Å²) in [5.41, 5.74) is 17.6. The zero-order chi connectivity index (χ0) is 24.4. The van der Waals surface area contributed by atoms with E-state index in [2.05, 4.69) is 132 Å². The second kappa shape index (κ2) is 6.68. The smallest absolute Gasteiger partial charge is 0.252 e. The fraction of sp³-hybridized carbons (Fsp3) is 0.0625. The molecule has 0 fully saturated rings. The number of fused-ring (bicyclic) bond motifs is 10. The molecule has 3 nitrogen and oxygen atoms in total. The minimum atomic E-state index is 0.212. The Morgan fingerprint density at radius 1 is 0.432 bits per heavy atom. The Hall–Kier alpha value is -4.37. The average molecular weight is 471 g/mol. The van der Waals surface area contributed by atoms with Gasteiger partial charge in [-0.25, -0.2) is 0 Å². The maximum Gasteiger partial charge on any atom is 0.252 e. The third-order valence-electron chi connectivity index (χ3n) is 9.05. The van der Waals surface area contributed by atoms with E-state index in [-0.39, 0.29) is 13.4 Å². The molecule has 0 atom stereocenters. The van der Waals surface area contributed by atoms with Crippen molar-refractivity contribution in [3.8, 4) is 0 Å². The molecule has 0 spiro atoms. The van der Waals surface area contributed by atoms with E-state index in [1.807, 2.05) is 0 Å². The topological polar surface area (TPSA) is 9.72 Å². The van der Waals surface area contributed by atoms with Crippen molar-refractivity contribution in [2.45, 2.75) is 0 Å². The van der Waals surface area contributed by atoms with Crippen LogP contribution in [0.15, 0.2) is 103 Å². The van der Waals surface area contributed by atoms with Gasteiger partial charge in [-0.3, -0.25) is 0 Å². The highest BCUT2D eigenvalue weighted by Crippen LogP contribution is 2.45. The highest BCUT2D eigenvalue weighted by Gasteiger charge is 2.50. The van der Waals surface area contributed by atoms with Crippen molar-refractivity contribution < 1.29 is 0 Å². The Kier molecular flexibility index (Phi) is 3.57. The molecule has 0 saturated heterocycles. The first kappa shape index (κ1) is 19.8. The lowest BCUT2D eigenvalue weighted by Gasteiger charge is -2.50. The van der Waals surface area contributed by atoms with E-state index in [1.165, 1.54) is 72.6 Å². The van der Waals surface area contributed by atoms with Gasteiger partial charge in [0.25, 0.3) is 13.4 Å². The molecule has 5 heteroatoms. The first-order chi connectivity index (χ1) is 18.2. The molecule has 0 radical (unpaired) electrons. The third-order valence-corrected chi connectivity index (χ3v) is 9.05. The van der Waals surface area contributed by atoms with Crippen LogP contribution in [0.1, 0.15) is 0 Å². The largest absolute Gasteiger partial charge is 0.345 e. The molecule has 0 saturated carbocycles. The Morgan fingerprint density at radius 3 is 1.22 bits per heavy atom. The Balaban J connectivity index is 1.49. The van der Waals surface area contributed by atoms with Gasteiger partial charge in [-0.1, -0.05) is 72.8 Å². The Bertz CT molecular complexity index is 1690. The van der Waals surface area contributed by atoms with Crippen LogP contribution < -0.4 is 47.5 Å². The van der Waals surface area contributed by atoms with Gasteiger partial charge in [-0.2, -0.15) is 0 Å². The molecule has 4 aliphatic rings. The summed E-state index contributed by atoms with van der Waals surface area (Å²) in [6.07, 6.45) is 0. The van der Waals surface area contributed by atoms with Crippen LogP contribution in [0.2, 0.25) is 0 Å². The number of hydrogen-bond acceptors (Lipinski definition) is 3. The zero-order valence-corrected chi connectivity index (χ0v) is 20.8. The fourth-order valence-electron chi connectivity index (χ4n) is 7.57. The molecule has 0 bridgehead atoms. The summed E-state index contributed by atoms with van der Waals surface area (Å²) < 4.78 is 0. The number of benzene rings is 5. The van der Waals surface area contributed by atoms with Crippen LogP contribution in [-0.4, -0.2) is 27.5 Å². The van der Waals surface area contributed by atoms with E-state index in [1.54, 1.807) is 0 Å². The lowest BCUT2D eigenvalue weighted by Crippen LogP contribution is -2.68. The molecule has 0 aliphatic carbocycles. The van der Waals surface area contributed by atoms with Crippen molar-refractivity contribution >= 4 is 86.0 Å². The maximum atomic E-state index is 2.57. The molecule has 0 N–H and O–H groups in total. The summed E-state index contributed by atoms with van der Waals surface area (Å²) in [6, 6.07) is 38.5. The van der Waals surface area contributed by atoms with Crippen LogP contribution >= 0.6 is 0 Å². The fourth-order valence-corrected chi connectivity index (χ4v) is 7.57. The van der Waals surface area contributed by atoms with Crippen molar-refractivity contribution in [1.82, 2.24) is 0 Å². The molecule has 0 aromatic heterocycles. The molecule has 37 heavy (non-hydrogen) atoms. The lowest BCUT2D eigenvalue weighted by molar-refractivity contribution is 1.17. The van der Waals surface area contributed by atoms with Gasteiger partial charge >= 0.3 is 0 Å². The van der Waals surface area contributed by atoms with Crippen molar-refractivity contribution in [3.63, 3.8) is 0 Å². The summed E-state index contributed by atoms with van der Waals surface area (Å²) in [5.74, 6) is 0. The molecular weight excluding hydrogens is 448 g/mol. The van der Waals surface area contributed by atoms with Gasteiger partial charge in [-0.15, -0.1) is 0 Å². The monoisotopic (exact) mass is 471 g/mol. The molecule has 5 aromatic rings. The van der Waals surface area contributed by atoms with Gasteiger partial charge in [0.15, 0.2) is 0 Å². The second-order valence-corrected chi connectivity index (χ2v) is 10.6. The first-order valence-electron chi connectivity index (χ1n) is 13.1. The predicted molar refractivity (Wildman–Crippen MR) is 159 cm³/mol. The van der Waals surface area contributed by atoms with E-state index in [9.17, 15) is 0 Å². The SMILES string of the molecule is CN1c2ccccc2B2c3ccccc3N3c4ccccc4B4c5ccccc5N(C)c5cc1c2c3c54. The van der Waals surface area contributed by atoms with Crippen LogP contribution in [0.4, 0.5) is 39.8 Å². The van der Waals surface area contributed by atoms with Gasteiger partial charge in [0.1, 0.15) is 0 Å². The molecule has 4 aliphatic heterocycles. The van der Waals surface area contributed by atoms with Crippen LogP contribution in [0.5, 0.6) is 0 Å². The minimum Gasteiger partial charge on any atom is -0.345 e. The van der Waals surface area contributed by atoms with Gasteiger partial charge in [0.05, 0.1) is 0 Å². The van der Waals surface area contributed by atoms with Crippen LogP contribution in [0, 0.1) is 0 Å². The molecule has 5 aromatic carbocycles. The van der Waals surface area contributed by atoms with Gasteiger partial charge in [0.2, 0.25) is 0 Å². The first-order valence-corrected chi connectivity index (χ1v) is 13.1. The summed E-state index contributed by atoms with van der Waals surface area (Å²) in [5, 5.41) is 0. The Labute approximate surface area is 217 Å². The number of rotatable bonds is 0. The quantitative estimate of drug-likeness (QED) is 0.315. The molecular formula is C32H23B2N3. The van der Waals surface area contributed by atoms with E-state index in [0.29, 0.717) is 0 Å². The van der Waals surface area contributed by atoms with Crippen LogP contribution in [0.3, 0.4) is 0 Å². The molecule has 4 heterocycles. The molecule has 9 rings (SSSR count). The van der Waals surface area contributed by atoms with Crippen molar-refractivity contribution in [1.29, 1.82) is 0 Å². The normalized spacial score (nSPS) is 15.0. The van der Waals surface area contributed by atoms with Crippen molar-refractivity contribution in [2.24, 2.45) is 0 Å². The van der Waals surface area contributed by atoms with E-state index >= 15 is 0 Å². The van der Waals surface area contributed by atoms with Gasteiger partial charge in [-0.05, 0) is 63.1 Å². The average Bonchev–Trinajstić information content (AvgIpc) is 2.96. The van der Waals surface area contributed by atoms with Crippen molar-refractivity contribution in [3.05, 3.63) is 103 Å². The lowest BCUT2D eigenvalue weighted by atomic mass is 9.29. The molecule has 0 unspecified atom stereocenters. The predicted octanol–water partition coefficient (Wildman–Crippen LogP) is 2.98. The molecule has 172 valence electrons. The molecule has 0 amide bonds. The number of nitrogens with zero attached hydrogens (tertiary/aromatic N) is 3. The highest BCUT2D eigenvalue weighted by molar-refractivity contribution is 7.04. The number of hydrogen-bond donors (Lipinski definition) is 0. The summed E-state index contributed by atoms with van der Waals surface area (Å²) in [6.45, 7) is 0.423. The number of anilines is 7. The van der Waals surface area contributed by atoms with Crippen LogP contribution in [-0.2, 0) is 0 Å². The Morgan fingerprint density at radius 2 is 0.784 bits per heavy atom. The third kappa shape index (κ3) is 2.23. The highest BCUT2D eigenvalue weighted by atomic mass is 15.2. The standard InChI is InChI=1S/C32H23B2N3/c1-35-24-15-7-3-11-20(24)33-22-13-5-9-17-26(22)37-27-18-10-6-14-23(27)34-21-12-4-8-16-25(21)36(2)29-19-28(35)30(33)32(37)31(29)34/h3-19H,1-2H3. The maximum absolute atomic E-state index is 2.57. The van der Waals surface area contributed by atoms with Gasteiger partial charge in [0, 0.05) is 53.9 Å². The van der Waals surface area contributed by atoms with E-state index in [4.69, 9.17) is 0 Å². The summed E-state index contributed by atoms with van der Waals surface area (Å²) in [4.78, 5) is 7.39. The van der Waals surface area contributed by atoms with E-state index < -0.39 is 0 Å². The minimum absolute atomic E-state index is 0.212. The summed E-state index contributed by atoms with van der Waals surface area (Å²) >= 11 is 0. The van der Waals surface area contributed by atoms with E-state index in [0.717, 1.165) is 0 Å². The van der Waals surface area contributed by atoms with Crippen molar-refractivity contribution in [2.75, 3.05) is 28.8 Å². The zero-order valence-electron chi connectivity index (χ0n) is 20.8. The second-order valence-electron chi connectivity index (χ2n) is 10.6.